The van der Waals surface area contributed by atoms with Gasteiger partial charge in [0.1, 0.15) is 5.92 Å². The molecule has 1 fully saturated rings. The van der Waals surface area contributed by atoms with Crippen molar-refractivity contribution >= 4 is 22.4 Å². The van der Waals surface area contributed by atoms with Gasteiger partial charge >= 0.3 is 5.97 Å². The second-order valence-corrected chi connectivity index (χ2v) is 6.90. The molecule has 5 nitrogen and oxygen atoms in total. The largest absolute Gasteiger partial charge is 0.481 e. The number of hydrogen-bond acceptors (Lipinski definition) is 5. The number of aromatic nitrogens is 1. The van der Waals surface area contributed by atoms with Gasteiger partial charge in [0.05, 0.1) is 18.4 Å². The molecule has 1 atom stereocenters. The first-order valence-corrected chi connectivity index (χ1v) is 8.63. The van der Waals surface area contributed by atoms with E-state index >= 15 is 0 Å². The molecule has 0 aliphatic heterocycles. The highest BCUT2D eigenvalue weighted by atomic mass is 32.1. The number of nitrogens with one attached hydrogen (secondary N) is 1. The van der Waals surface area contributed by atoms with Crippen molar-refractivity contribution in [1.29, 1.82) is 0 Å². The normalized spacial score (nSPS) is 22.2. The number of carbonyl (C=O) groups is 1. The highest BCUT2D eigenvalue weighted by molar-refractivity contribution is 7.15. The Bertz CT molecular complexity index is 497. The number of carboxylic acids is 1. The smallest absolute Gasteiger partial charge is 0.312 e. The van der Waals surface area contributed by atoms with Crippen molar-refractivity contribution < 1.29 is 14.6 Å². The van der Waals surface area contributed by atoms with Crippen LogP contribution in [-0.2, 0) is 16.0 Å². The fraction of sp³-hybridized carbons (Fsp3) is 0.733. The molecule has 0 aromatic carbocycles. The summed E-state index contributed by atoms with van der Waals surface area (Å²) in [6, 6.07) is 0. The molecule has 1 aromatic heterocycles. The lowest BCUT2D eigenvalue weighted by Gasteiger charge is -2.21. The number of aliphatic carboxylic acids is 1. The van der Waals surface area contributed by atoms with Crippen LogP contribution in [0.3, 0.4) is 0 Å². The Kier molecular flexibility index (Phi) is 4.75. The Morgan fingerprint density at radius 3 is 2.90 bits per heavy atom. The van der Waals surface area contributed by atoms with Gasteiger partial charge in [-0.2, -0.15) is 0 Å². The molecular formula is C15H22N2O3S. The van der Waals surface area contributed by atoms with E-state index in [0.717, 1.165) is 28.7 Å². The average molecular weight is 310 g/mol. The molecule has 2 aliphatic rings. The van der Waals surface area contributed by atoms with Crippen LogP contribution >= 0.6 is 11.3 Å². The molecule has 1 unspecified atom stereocenters. The van der Waals surface area contributed by atoms with Crippen molar-refractivity contribution in [3.63, 3.8) is 0 Å². The van der Waals surface area contributed by atoms with Crippen LogP contribution in [0.4, 0.5) is 5.13 Å². The summed E-state index contributed by atoms with van der Waals surface area (Å²) in [5.41, 5.74) is 0.767. The van der Waals surface area contributed by atoms with Crippen molar-refractivity contribution in [1.82, 2.24) is 4.98 Å². The Labute approximate surface area is 128 Å². The molecule has 1 aromatic rings. The Morgan fingerprint density at radius 2 is 2.14 bits per heavy atom. The van der Waals surface area contributed by atoms with E-state index < -0.39 is 11.9 Å². The number of nitrogens with zero attached hydrogens (tertiary/aromatic N) is 1. The number of anilines is 1. The molecule has 1 heterocycles. The van der Waals surface area contributed by atoms with Gasteiger partial charge in [0.25, 0.3) is 0 Å². The summed E-state index contributed by atoms with van der Waals surface area (Å²) in [7, 11) is 0. The van der Waals surface area contributed by atoms with Crippen molar-refractivity contribution in [2.75, 3.05) is 18.5 Å². The molecule has 2 aliphatic carbocycles. The predicted octanol–water partition coefficient (Wildman–Crippen LogP) is 3.02. The Balaban J connectivity index is 1.44. The van der Waals surface area contributed by atoms with Gasteiger partial charge in [0, 0.05) is 11.4 Å². The van der Waals surface area contributed by atoms with E-state index in [1.54, 1.807) is 11.3 Å². The highest BCUT2D eigenvalue weighted by Gasteiger charge is 2.32. The third-order valence-electron chi connectivity index (χ3n) is 4.30. The standard InChI is InChI=1S/C15H22N2O3S/c18-14(19)11-6-7-12-13(11)17-15(21-12)16-8-9-20-10-4-2-1-3-5-10/h10-11H,1-9H2,(H,16,17)(H,18,19). The molecule has 0 saturated heterocycles. The second kappa shape index (κ2) is 6.75. The van der Waals surface area contributed by atoms with Crippen molar-refractivity contribution in [2.45, 2.75) is 57.0 Å². The molecular weight excluding hydrogens is 288 g/mol. The zero-order valence-corrected chi connectivity index (χ0v) is 13.0. The molecule has 0 spiro atoms. The molecule has 1 saturated carbocycles. The summed E-state index contributed by atoms with van der Waals surface area (Å²) in [4.78, 5) is 16.7. The van der Waals surface area contributed by atoms with E-state index in [0.29, 0.717) is 19.1 Å². The van der Waals surface area contributed by atoms with Crippen molar-refractivity contribution in [3.8, 4) is 0 Å². The maximum atomic E-state index is 11.1. The summed E-state index contributed by atoms with van der Waals surface area (Å²) in [5.74, 6) is -1.17. The Hall–Kier alpha value is -1.14. The summed E-state index contributed by atoms with van der Waals surface area (Å²) >= 11 is 1.59. The zero-order valence-electron chi connectivity index (χ0n) is 12.1. The van der Waals surface area contributed by atoms with Gasteiger partial charge in [-0.05, 0) is 25.7 Å². The summed E-state index contributed by atoms with van der Waals surface area (Å²) < 4.78 is 5.86. The van der Waals surface area contributed by atoms with Gasteiger partial charge in [-0.3, -0.25) is 4.79 Å². The predicted molar refractivity (Wildman–Crippen MR) is 82.1 cm³/mol. The van der Waals surface area contributed by atoms with Gasteiger partial charge in [0.2, 0.25) is 0 Å². The van der Waals surface area contributed by atoms with E-state index in [-0.39, 0.29) is 0 Å². The topological polar surface area (TPSA) is 71.5 Å². The minimum absolute atomic E-state index is 0.412. The molecule has 21 heavy (non-hydrogen) atoms. The zero-order chi connectivity index (χ0) is 14.7. The van der Waals surface area contributed by atoms with Crippen LogP contribution in [0.2, 0.25) is 0 Å². The molecule has 3 rings (SSSR count). The van der Waals surface area contributed by atoms with E-state index in [9.17, 15) is 4.79 Å². The number of thiazole rings is 1. The van der Waals surface area contributed by atoms with Crippen molar-refractivity contribution in [2.24, 2.45) is 0 Å². The maximum Gasteiger partial charge on any atom is 0.312 e. The first-order chi connectivity index (χ1) is 10.2. The third kappa shape index (κ3) is 3.55. The number of carboxylic acid groups (broad SMARTS) is 1. The second-order valence-electron chi connectivity index (χ2n) is 5.81. The third-order valence-corrected chi connectivity index (χ3v) is 5.39. The lowest BCUT2D eigenvalue weighted by molar-refractivity contribution is -0.138. The molecule has 0 radical (unpaired) electrons. The summed E-state index contributed by atoms with van der Waals surface area (Å²) in [5, 5.41) is 13.2. The number of hydrogen-bond donors (Lipinski definition) is 2. The van der Waals surface area contributed by atoms with Gasteiger partial charge in [0.15, 0.2) is 5.13 Å². The Morgan fingerprint density at radius 1 is 1.33 bits per heavy atom. The maximum absolute atomic E-state index is 11.1. The van der Waals surface area contributed by atoms with Gasteiger partial charge in [-0.1, -0.05) is 19.3 Å². The van der Waals surface area contributed by atoms with Crippen LogP contribution in [0, 0.1) is 0 Å². The molecule has 6 heteroatoms. The van der Waals surface area contributed by atoms with Gasteiger partial charge in [-0.25, -0.2) is 4.98 Å². The minimum Gasteiger partial charge on any atom is -0.481 e. The number of rotatable bonds is 6. The molecule has 0 bridgehead atoms. The van der Waals surface area contributed by atoms with Crippen LogP contribution < -0.4 is 5.32 Å². The quantitative estimate of drug-likeness (QED) is 0.790. The number of aryl methyl sites for hydroxylation is 1. The SMILES string of the molecule is O=C(O)C1CCc2sc(NCCOC3CCCCC3)nc21. The van der Waals surface area contributed by atoms with Crippen LogP contribution in [0.25, 0.3) is 0 Å². The van der Waals surface area contributed by atoms with Gasteiger partial charge < -0.3 is 15.2 Å². The lowest BCUT2D eigenvalue weighted by atomic mass is 9.98. The van der Waals surface area contributed by atoms with Crippen LogP contribution in [-0.4, -0.2) is 35.3 Å². The van der Waals surface area contributed by atoms with E-state index in [4.69, 9.17) is 9.84 Å². The monoisotopic (exact) mass is 310 g/mol. The van der Waals surface area contributed by atoms with Crippen LogP contribution in [0.5, 0.6) is 0 Å². The molecule has 2 N–H and O–H groups in total. The van der Waals surface area contributed by atoms with Crippen molar-refractivity contribution in [3.05, 3.63) is 10.6 Å². The fourth-order valence-corrected chi connectivity index (χ4v) is 4.22. The number of fused-ring (bicyclic) bond motifs is 1. The van der Waals surface area contributed by atoms with E-state index in [1.165, 1.54) is 32.1 Å². The van der Waals surface area contributed by atoms with Crippen LogP contribution in [0.1, 0.15) is 55.0 Å². The molecule has 0 amide bonds. The summed E-state index contributed by atoms with van der Waals surface area (Å²) in [6.07, 6.45) is 8.24. The number of ether oxygens (including phenoxy) is 1. The average Bonchev–Trinajstić information content (AvgIpc) is 3.04. The molecule has 116 valence electrons. The van der Waals surface area contributed by atoms with Crippen LogP contribution in [0.15, 0.2) is 0 Å². The van der Waals surface area contributed by atoms with E-state index in [2.05, 4.69) is 10.3 Å². The first kappa shape index (κ1) is 14.8. The fourth-order valence-electron chi connectivity index (χ4n) is 3.16. The highest BCUT2D eigenvalue weighted by Crippen LogP contribution is 2.38. The lowest BCUT2D eigenvalue weighted by Crippen LogP contribution is -2.20. The minimum atomic E-state index is -0.758. The van der Waals surface area contributed by atoms with E-state index in [1.807, 2.05) is 0 Å². The first-order valence-electron chi connectivity index (χ1n) is 7.82. The summed E-state index contributed by atoms with van der Waals surface area (Å²) in [6.45, 7) is 1.43. The van der Waals surface area contributed by atoms with Gasteiger partial charge in [-0.15, -0.1) is 11.3 Å².